The zero-order valence-electron chi connectivity index (χ0n) is 10.1. The Bertz CT molecular complexity index is 549. The van der Waals surface area contributed by atoms with Crippen LogP contribution in [-0.4, -0.2) is 27.2 Å². The highest BCUT2D eigenvalue weighted by Gasteiger charge is 2.06. The van der Waals surface area contributed by atoms with Gasteiger partial charge in [-0.25, -0.2) is 4.68 Å². The lowest BCUT2D eigenvalue weighted by atomic mass is 10.3. The summed E-state index contributed by atoms with van der Waals surface area (Å²) in [6, 6.07) is 3.49. The number of anilines is 1. The Balaban J connectivity index is 2.23. The first-order valence-electron chi connectivity index (χ1n) is 5.75. The Labute approximate surface area is 105 Å². The van der Waals surface area contributed by atoms with Gasteiger partial charge in [-0.3, -0.25) is 9.78 Å². The van der Waals surface area contributed by atoms with E-state index in [4.69, 9.17) is 5.73 Å². The topological polar surface area (TPSA) is 85.8 Å². The summed E-state index contributed by atoms with van der Waals surface area (Å²) in [4.78, 5) is 15.1. The summed E-state index contributed by atoms with van der Waals surface area (Å²) < 4.78 is 1.57. The van der Waals surface area contributed by atoms with Gasteiger partial charge in [-0.15, -0.1) is 0 Å². The molecule has 3 N–H and O–H groups in total. The molecule has 0 fully saturated rings. The molecule has 2 heterocycles. The number of nitrogens with two attached hydrogens (primary N) is 1. The highest BCUT2D eigenvalue weighted by atomic mass is 16.1. The molecule has 0 aromatic carbocycles. The third-order valence-corrected chi connectivity index (χ3v) is 2.41. The summed E-state index contributed by atoms with van der Waals surface area (Å²) in [7, 11) is 0. The fourth-order valence-corrected chi connectivity index (χ4v) is 1.52. The van der Waals surface area contributed by atoms with E-state index in [2.05, 4.69) is 22.3 Å². The van der Waals surface area contributed by atoms with Crippen molar-refractivity contribution in [2.75, 3.05) is 11.9 Å². The number of aromatic nitrogens is 3. The van der Waals surface area contributed by atoms with Gasteiger partial charge in [0.05, 0.1) is 23.8 Å². The van der Waals surface area contributed by atoms with Crippen molar-refractivity contribution in [3.05, 3.63) is 36.4 Å². The predicted octanol–water partition coefficient (Wildman–Crippen LogP) is 1.19. The second-order valence-corrected chi connectivity index (χ2v) is 3.87. The molecule has 6 heteroatoms. The number of nitrogens with zero attached hydrogens (tertiary/aromatic N) is 3. The van der Waals surface area contributed by atoms with Gasteiger partial charge in [-0.2, -0.15) is 5.10 Å². The van der Waals surface area contributed by atoms with E-state index in [0.717, 1.165) is 24.3 Å². The molecule has 0 spiro atoms. The Kier molecular flexibility index (Phi) is 3.57. The number of hydrogen-bond acceptors (Lipinski definition) is 4. The van der Waals surface area contributed by atoms with Crippen molar-refractivity contribution in [1.82, 2.24) is 14.8 Å². The molecule has 0 aliphatic rings. The fraction of sp³-hybridized carbons (Fsp3) is 0.250. The zero-order chi connectivity index (χ0) is 13.0. The molecule has 0 atom stereocenters. The molecular formula is C12H15N5O. The monoisotopic (exact) mass is 245 g/mol. The third kappa shape index (κ3) is 2.65. The number of primary amides is 1. The highest BCUT2D eigenvalue weighted by Crippen LogP contribution is 2.12. The Morgan fingerprint density at radius 2 is 2.33 bits per heavy atom. The van der Waals surface area contributed by atoms with E-state index in [1.807, 2.05) is 6.07 Å². The molecule has 0 radical (unpaired) electrons. The minimum absolute atomic E-state index is 0.238. The Morgan fingerprint density at radius 1 is 1.50 bits per heavy atom. The maximum atomic E-state index is 11.0. The SMILES string of the molecule is CCCNc1cncc(-n2ccc(C(N)=O)n2)c1. The van der Waals surface area contributed by atoms with Crippen LogP contribution in [-0.2, 0) is 0 Å². The molecule has 0 bridgehead atoms. The van der Waals surface area contributed by atoms with Crippen molar-refractivity contribution in [2.24, 2.45) is 5.73 Å². The maximum Gasteiger partial charge on any atom is 0.269 e. The Hall–Kier alpha value is -2.37. The molecule has 2 aromatic rings. The number of rotatable bonds is 5. The molecule has 2 rings (SSSR count). The van der Waals surface area contributed by atoms with Gasteiger partial charge < -0.3 is 11.1 Å². The van der Waals surface area contributed by atoms with Gasteiger partial charge in [0, 0.05) is 12.7 Å². The van der Waals surface area contributed by atoms with Crippen LogP contribution < -0.4 is 11.1 Å². The third-order valence-electron chi connectivity index (χ3n) is 2.41. The number of carbonyl (C=O) groups is 1. The van der Waals surface area contributed by atoms with E-state index in [1.54, 1.807) is 29.3 Å². The number of pyridine rings is 1. The quantitative estimate of drug-likeness (QED) is 0.828. The molecule has 0 saturated carbocycles. The van der Waals surface area contributed by atoms with E-state index < -0.39 is 5.91 Å². The van der Waals surface area contributed by atoms with Crippen molar-refractivity contribution in [1.29, 1.82) is 0 Å². The van der Waals surface area contributed by atoms with E-state index in [9.17, 15) is 4.79 Å². The summed E-state index contributed by atoms with van der Waals surface area (Å²) >= 11 is 0. The van der Waals surface area contributed by atoms with Crippen LogP contribution in [0.5, 0.6) is 0 Å². The lowest BCUT2D eigenvalue weighted by molar-refractivity contribution is 0.0995. The zero-order valence-corrected chi connectivity index (χ0v) is 10.1. The van der Waals surface area contributed by atoms with Crippen molar-refractivity contribution in [3.8, 4) is 5.69 Å². The fourth-order valence-electron chi connectivity index (χ4n) is 1.52. The lowest BCUT2D eigenvalue weighted by Crippen LogP contribution is -2.12. The largest absolute Gasteiger partial charge is 0.384 e. The molecule has 6 nitrogen and oxygen atoms in total. The van der Waals surface area contributed by atoms with Gasteiger partial charge in [0.15, 0.2) is 0 Å². The second kappa shape index (κ2) is 5.31. The molecule has 0 aliphatic heterocycles. The summed E-state index contributed by atoms with van der Waals surface area (Å²) in [6.07, 6.45) is 6.14. The molecule has 18 heavy (non-hydrogen) atoms. The number of carbonyl (C=O) groups excluding carboxylic acids is 1. The smallest absolute Gasteiger partial charge is 0.269 e. The molecule has 1 amide bonds. The molecule has 2 aromatic heterocycles. The lowest BCUT2D eigenvalue weighted by Gasteiger charge is -2.06. The van der Waals surface area contributed by atoms with Crippen molar-refractivity contribution in [3.63, 3.8) is 0 Å². The molecular weight excluding hydrogens is 230 g/mol. The first-order chi connectivity index (χ1) is 8.70. The van der Waals surface area contributed by atoms with Gasteiger partial charge >= 0.3 is 0 Å². The van der Waals surface area contributed by atoms with Gasteiger partial charge in [0.2, 0.25) is 0 Å². The van der Waals surface area contributed by atoms with Crippen molar-refractivity contribution >= 4 is 11.6 Å². The van der Waals surface area contributed by atoms with E-state index in [-0.39, 0.29) is 5.69 Å². The van der Waals surface area contributed by atoms with Crippen LogP contribution in [0.2, 0.25) is 0 Å². The van der Waals surface area contributed by atoms with Gasteiger partial charge in [0.1, 0.15) is 5.69 Å². The van der Waals surface area contributed by atoms with E-state index in [0.29, 0.717) is 0 Å². The highest BCUT2D eigenvalue weighted by molar-refractivity contribution is 5.90. The first kappa shape index (κ1) is 12.1. The normalized spacial score (nSPS) is 10.3. The van der Waals surface area contributed by atoms with Crippen LogP contribution in [0, 0.1) is 0 Å². The standard InChI is InChI=1S/C12H15N5O/c1-2-4-15-9-6-10(8-14-7-9)17-5-3-11(16-17)12(13)18/h3,5-8,15H,2,4H2,1H3,(H2,13,18). The summed E-state index contributed by atoms with van der Waals surface area (Å²) in [5, 5.41) is 7.31. The number of hydrogen-bond donors (Lipinski definition) is 2. The predicted molar refractivity (Wildman–Crippen MR) is 68.7 cm³/mol. The van der Waals surface area contributed by atoms with E-state index >= 15 is 0 Å². The number of amides is 1. The van der Waals surface area contributed by atoms with Crippen LogP contribution in [0.25, 0.3) is 5.69 Å². The first-order valence-corrected chi connectivity index (χ1v) is 5.75. The minimum atomic E-state index is -0.540. The second-order valence-electron chi connectivity index (χ2n) is 3.87. The summed E-state index contributed by atoms with van der Waals surface area (Å²) in [5.74, 6) is -0.540. The van der Waals surface area contributed by atoms with Crippen molar-refractivity contribution < 1.29 is 4.79 Å². The van der Waals surface area contributed by atoms with Crippen molar-refractivity contribution in [2.45, 2.75) is 13.3 Å². The summed E-state index contributed by atoms with van der Waals surface area (Å²) in [5.41, 5.74) is 7.10. The molecule has 0 saturated heterocycles. The molecule has 94 valence electrons. The summed E-state index contributed by atoms with van der Waals surface area (Å²) in [6.45, 7) is 2.98. The maximum absolute atomic E-state index is 11.0. The van der Waals surface area contributed by atoms with Gasteiger partial charge in [-0.05, 0) is 18.6 Å². The van der Waals surface area contributed by atoms with Crippen LogP contribution in [0.4, 0.5) is 5.69 Å². The van der Waals surface area contributed by atoms with E-state index in [1.165, 1.54) is 0 Å². The molecule has 0 aliphatic carbocycles. The average molecular weight is 245 g/mol. The van der Waals surface area contributed by atoms with Crippen LogP contribution in [0.3, 0.4) is 0 Å². The van der Waals surface area contributed by atoms with Crippen LogP contribution >= 0.6 is 0 Å². The van der Waals surface area contributed by atoms with Crippen LogP contribution in [0.1, 0.15) is 23.8 Å². The minimum Gasteiger partial charge on any atom is -0.384 e. The molecule has 0 unspecified atom stereocenters. The van der Waals surface area contributed by atoms with Crippen LogP contribution in [0.15, 0.2) is 30.7 Å². The number of nitrogens with one attached hydrogen (secondary N) is 1. The Morgan fingerprint density at radius 3 is 3.00 bits per heavy atom. The average Bonchev–Trinajstić information content (AvgIpc) is 2.86. The van der Waals surface area contributed by atoms with Gasteiger partial charge in [-0.1, -0.05) is 6.92 Å². The van der Waals surface area contributed by atoms with Gasteiger partial charge in [0.25, 0.3) is 5.91 Å².